The van der Waals surface area contributed by atoms with Crippen LogP contribution in [-0.4, -0.2) is 11.0 Å². The number of phenols is 1. The SMILES string of the molecule is Cc1cc(Br)c(NC(=O)c2ccc(O)c(C)c2)cc1N. The average molecular weight is 335 g/mol. The largest absolute Gasteiger partial charge is 0.508 e. The maximum Gasteiger partial charge on any atom is 0.255 e. The molecule has 0 heterocycles. The number of nitrogens with two attached hydrogens (primary N) is 1. The van der Waals surface area contributed by atoms with Crippen LogP contribution in [-0.2, 0) is 0 Å². The molecule has 20 heavy (non-hydrogen) atoms. The van der Waals surface area contributed by atoms with Crippen molar-refractivity contribution in [1.82, 2.24) is 0 Å². The topological polar surface area (TPSA) is 75.3 Å². The molecule has 0 saturated heterocycles. The highest BCUT2D eigenvalue weighted by Crippen LogP contribution is 2.28. The Morgan fingerprint density at radius 3 is 2.55 bits per heavy atom. The number of nitrogens with one attached hydrogen (secondary N) is 1. The first-order valence-corrected chi connectivity index (χ1v) is 6.84. The monoisotopic (exact) mass is 334 g/mol. The van der Waals surface area contributed by atoms with E-state index in [1.165, 1.54) is 6.07 Å². The van der Waals surface area contributed by atoms with Gasteiger partial charge in [0.1, 0.15) is 5.75 Å². The number of hydrogen-bond donors (Lipinski definition) is 3. The van der Waals surface area contributed by atoms with Gasteiger partial charge < -0.3 is 16.2 Å². The van der Waals surface area contributed by atoms with Crippen molar-refractivity contribution in [2.75, 3.05) is 11.1 Å². The number of aromatic hydroxyl groups is 1. The second-order valence-electron chi connectivity index (χ2n) is 4.64. The molecule has 104 valence electrons. The minimum atomic E-state index is -0.253. The van der Waals surface area contributed by atoms with Crippen molar-refractivity contribution in [2.45, 2.75) is 13.8 Å². The molecule has 0 radical (unpaired) electrons. The van der Waals surface area contributed by atoms with E-state index >= 15 is 0 Å². The molecule has 0 spiro atoms. The zero-order valence-corrected chi connectivity index (χ0v) is 12.8. The van der Waals surface area contributed by atoms with Crippen LogP contribution in [0.4, 0.5) is 11.4 Å². The Morgan fingerprint density at radius 1 is 1.20 bits per heavy atom. The van der Waals surface area contributed by atoms with Gasteiger partial charge in [0.25, 0.3) is 5.91 Å². The van der Waals surface area contributed by atoms with Crippen molar-refractivity contribution in [3.63, 3.8) is 0 Å². The number of rotatable bonds is 2. The van der Waals surface area contributed by atoms with Crippen LogP contribution in [0.15, 0.2) is 34.8 Å². The molecule has 0 aliphatic heterocycles. The van der Waals surface area contributed by atoms with Gasteiger partial charge in [-0.15, -0.1) is 0 Å². The van der Waals surface area contributed by atoms with Crippen molar-refractivity contribution < 1.29 is 9.90 Å². The average Bonchev–Trinajstić information content (AvgIpc) is 2.39. The second kappa shape index (κ2) is 5.54. The van der Waals surface area contributed by atoms with Crippen LogP contribution in [0.25, 0.3) is 0 Å². The molecule has 0 unspecified atom stereocenters. The highest BCUT2D eigenvalue weighted by Gasteiger charge is 2.11. The van der Waals surface area contributed by atoms with Gasteiger partial charge in [0, 0.05) is 15.7 Å². The molecule has 0 fully saturated rings. The summed E-state index contributed by atoms with van der Waals surface area (Å²) >= 11 is 3.40. The number of nitrogen functional groups attached to an aromatic ring is 1. The van der Waals surface area contributed by atoms with E-state index in [0.29, 0.717) is 22.5 Å². The Labute approximate surface area is 125 Å². The lowest BCUT2D eigenvalue weighted by Gasteiger charge is -2.11. The van der Waals surface area contributed by atoms with Crippen molar-refractivity contribution in [1.29, 1.82) is 0 Å². The standard InChI is InChI=1S/C15H15BrN2O2/c1-8-6-11(16)13(7-12(8)17)18-15(20)10-3-4-14(19)9(2)5-10/h3-7,19H,17H2,1-2H3,(H,18,20). The summed E-state index contributed by atoms with van der Waals surface area (Å²) in [7, 11) is 0. The van der Waals surface area contributed by atoms with E-state index in [-0.39, 0.29) is 11.7 Å². The minimum absolute atomic E-state index is 0.169. The second-order valence-corrected chi connectivity index (χ2v) is 5.50. The molecule has 1 amide bonds. The highest BCUT2D eigenvalue weighted by molar-refractivity contribution is 9.10. The molecule has 2 aromatic rings. The lowest BCUT2D eigenvalue weighted by atomic mass is 10.1. The molecule has 2 rings (SSSR count). The lowest BCUT2D eigenvalue weighted by molar-refractivity contribution is 0.102. The molecule has 0 aliphatic rings. The van der Waals surface area contributed by atoms with Crippen LogP contribution in [0.1, 0.15) is 21.5 Å². The predicted octanol–water partition coefficient (Wildman–Crippen LogP) is 3.61. The van der Waals surface area contributed by atoms with Gasteiger partial charge in [0.15, 0.2) is 0 Å². The number of anilines is 2. The van der Waals surface area contributed by atoms with Crippen LogP contribution in [0.5, 0.6) is 5.75 Å². The number of hydrogen-bond acceptors (Lipinski definition) is 3. The first kappa shape index (κ1) is 14.4. The summed E-state index contributed by atoms with van der Waals surface area (Å²) in [4.78, 5) is 12.2. The molecule has 2 aromatic carbocycles. The summed E-state index contributed by atoms with van der Waals surface area (Å²) in [6, 6.07) is 8.28. The first-order chi connectivity index (χ1) is 9.38. The fraction of sp³-hybridized carbons (Fsp3) is 0.133. The van der Waals surface area contributed by atoms with Gasteiger partial charge in [-0.2, -0.15) is 0 Å². The molecule has 0 saturated carbocycles. The van der Waals surface area contributed by atoms with E-state index in [4.69, 9.17) is 5.73 Å². The zero-order chi connectivity index (χ0) is 14.9. The Hall–Kier alpha value is -2.01. The van der Waals surface area contributed by atoms with Crippen molar-refractivity contribution in [3.05, 3.63) is 51.5 Å². The third-order valence-corrected chi connectivity index (χ3v) is 3.72. The van der Waals surface area contributed by atoms with Gasteiger partial charge in [0.05, 0.1) is 5.69 Å². The van der Waals surface area contributed by atoms with Crippen LogP contribution in [0, 0.1) is 13.8 Å². The van der Waals surface area contributed by atoms with Gasteiger partial charge in [-0.3, -0.25) is 4.79 Å². The maximum atomic E-state index is 12.2. The normalized spacial score (nSPS) is 10.3. The molecule has 0 aromatic heterocycles. The van der Waals surface area contributed by atoms with E-state index < -0.39 is 0 Å². The van der Waals surface area contributed by atoms with Crippen molar-refractivity contribution in [3.8, 4) is 5.75 Å². The summed E-state index contributed by atoms with van der Waals surface area (Å²) in [6.07, 6.45) is 0. The van der Waals surface area contributed by atoms with E-state index in [9.17, 15) is 9.90 Å². The predicted molar refractivity (Wildman–Crippen MR) is 84.1 cm³/mol. The Kier molecular flexibility index (Phi) is 3.99. The summed E-state index contributed by atoms with van der Waals surface area (Å²) < 4.78 is 0.771. The highest BCUT2D eigenvalue weighted by atomic mass is 79.9. The van der Waals surface area contributed by atoms with Crippen LogP contribution in [0.2, 0.25) is 0 Å². The van der Waals surface area contributed by atoms with Crippen molar-refractivity contribution >= 4 is 33.2 Å². The van der Waals surface area contributed by atoms with Gasteiger partial charge in [-0.25, -0.2) is 0 Å². The molecule has 0 aliphatic carbocycles. The minimum Gasteiger partial charge on any atom is -0.508 e. The van der Waals surface area contributed by atoms with Crippen LogP contribution in [0.3, 0.4) is 0 Å². The fourth-order valence-electron chi connectivity index (χ4n) is 1.78. The number of carbonyl (C=O) groups excluding carboxylic acids is 1. The van der Waals surface area contributed by atoms with Crippen LogP contribution < -0.4 is 11.1 Å². The van der Waals surface area contributed by atoms with E-state index in [1.54, 1.807) is 25.1 Å². The Morgan fingerprint density at radius 2 is 1.90 bits per heavy atom. The Balaban J connectivity index is 2.27. The third-order valence-electron chi connectivity index (χ3n) is 3.06. The number of amides is 1. The van der Waals surface area contributed by atoms with Gasteiger partial charge in [-0.05, 0) is 71.2 Å². The molecule has 4 nitrogen and oxygen atoms in total. The quantitative estimate of drug-likeness (QED) is 0.734. The lowest BCUT2D eigenvalue weighted by Crippen LogP contribution is -2.12. The number of aryl methyl sites for hydroxylation is 2. The zero-order valence-electron chi connectivity index (χ0n) is 11.2. The molecule has 4 N–H and O–H groups in total. The smallest absolute Gasteiger partial charge is 0.255 e. The van der Waals surface area contributed by atoms with E-state index in [2.05, 4.69) is 21.2 Å². The van der Waals surface area contributed by atoms with Gasteiger partial charge in [-0.1, -0.05) is 0 Å². The molecular formula is C15H15BrN2O2. The van der Waals surface area contributed by atoms with Crippen molar-refractivity contribution in [2.24, 2.45) is 0 Å². The molecule has 0 bridgehead atoms. The van der Waals surface area contributed by atoms with E-state index in [0.717, 1.165) is 10.0 Å². The summed E-state index contributed by atoms with van der Waals surface area (Å²) in [6.45, 7) is 3.64. The Bertz CT molecular complexity index is 684. The molecule has 5 heteroatoms. The number of halogens is 1. The maximum absolute atomic E-state index is 12.2. The molecule has 0 atom stereocenters. The summed E-state index contributed by atoms with van der Waals surface area (Å²) in [5, 5.41) is 12.3. The number of phenolic OH excluding ortho intramolecular Hbond substituents is 1. The fourth-order valence-corrected chi connectivity index (χ4v) is 2.33. The van der Waals surface area contributed by atoms with Gasteiger partial charge in [0.2, 0.25) is 0 Å². The summed E-state index contributed by atoms with van der Waals surface area (Å²) in [5.41, 5.74) is 9.14. The summed E-state index contributed by atoms with van der Waals surface area (Å²) in [5.74, 6) is -0.0839. The van der Waals surface area contributed by atoms with E-state index in [1.807, 2.05) is 13.0 Å². The van der Waals surface area contributed by atoms with Crippen LogP contribution >= 0.6 is 15.9 Å². The van der Waals surface area contributed by atoms with Gasteiger partial charge >= 0.3 is 0 Å². The first-order valence-electron chi connectivity index (χ1n) is 6.05. The number of carbonyl (C=O) groups is 1. The third kappa shape index (κ3) is 2.93. The molecular weight excluding hydrogens is 320 g/mol. The number of benzene rings is 2.